The molecule has 0 saturated heterocycles. The maximum Gasteiger partial charge on any atom is 0.273 e. The van der Waals surface area contributed by atoms with Crippen molar-refractivity contribution in [3.05, 3.63) is 41.7 Å². The van der Waals surface area contributed by atoms with E-state index in [4.69, 9.17) is 5.73 Å². The van der Waals surface area contributed by atoms with Gasteiger partial charge < -0.3 is 5.73 Å². The summed E-state index contributed by atoms with van der Waals surface area (Å²) in [5, 5.41) is 0. The Morgan fingerprint density at radius 1 is 1.43 bits per heavy atom. The van der Waals surface area contributed by atoms with E-state index in [-0.39, 0.29) is 5.70 Å². The number of rotatable bonds is 2. The Bertz CT molecular complexity index is 366. The minimum Gasteiger partial charge on any atom is -0.399 e. The van der Waals surface area contributed by atoms with Gasteiger partial charge in [-0.25, -0.2) is 13.2 Å². The topological polar surface area (TPSA) is 26.0 Å². The summed E-state index contributed by atoms with van der Waals surface area (Å²) in [6, 6.07) is 3.29. The van der Waals surface area contributed by atoms with Crippen molar-refractivity contribution < 1.29 is 13.2 Å². The molecule has 0 aliphatic heterocycles. The molecule has 0 heterocycles. The monoisotopic (exact) mass is 201 g/mol. The SMILES string of the molecule is C=C(N)c1ccc(C(C)(F)F)c(F)c1. The molecule has 0 saturated carbocycles. The molecule has 1 rings (SSSR count). The molecule has 1 nitrogen and oxygen atoms in total. The molecule has 2 N–H and O–H groups in total. The molecule has 0 amide bonds. The average Bonchev–Trinajstić information content (AvgIpc) is 2.01. The fraction of sp³-hybridized carbons (Fsp3) is 0.200. The predicted octanol–water partition coefficient (Wildman–Crippen LogP) is 2.87. The largest absolute Gasteiger partial charge is 0.399 e. The third kappa shape index (κ3) is 2.07. The first kappa shape index (κ1) is 10.6. The number of hydrogen-bond acceptors (Lipinski definition) is 1. The van der Waals surface area contributed by atoms with Gasteiger partial charge in [-0.2, -0.15) is 0 Å². The lowest BCUT2D eigenvalue weighted by atomic mass is 10.1. The summed E-state index contributed by atoms with van der Waals surface area (Å²) < 4.78 is 38.6. The Kier molecular flexibility index (Phi) is 2.55. The molecule has 0 fully saturated rings. The van der Waals surface area contributed by atoms with Gasteiger partial charge in [0.25, 0.3) is 5.92 Å². The second-order valence-electron chi connectivity index (χ2n) is 3.11. The van der Waals surface area contributed by atoms with Crippen LogP contribution >= 0.6 is 0 Å². The van der Waals surface area contributed by atoms with Crippen LogP contribution in [-0.4, -0.2) is 0 Å². The van der Waals surface area contributed by atoms with E-state index >= 15 is 0 Å². The summed E-state index contributed by atoms with van der Waals surface area (Å²) in [5.74, 6) is -4.15. The number of nitrogens with two attached hydrogens (primary N) is 1. The van der Waals surface area contributed by atoms with E-state index in [1.165, 1.54) is 6.07 Å². The second-order valence-corrected chi connectivity index (χ2v) is 3.11. The van der Waals surface area contributed by atoms with E-state index in [0.717, 1.165) is 12.1 Å². The highest BCUT2D eigenvalue weighted by atomic mass is 19.3. The summed E-state index contributed by atoms with van der Waals surface area (Å²) in [5.41, 5.74) is 5.12. The van der Waals surface area contributed by atoms with Crippen LogP contribution in [0.2, 0.25) is 0 Å². The zero-order valence-corrected chi connectivity index (χ0v) is 7.65. The molecular formula is C10H10F3N. The second kappa shape index (κ2) is 3.36. The van der Waals surface area contributed by atoms with Crippen molar-refractivity contribution >= 4 is 5.70 Å². The fourth-order valence-corrected chi connectivity index (χ4v) is 1.07. The Morgan fingerprint density at radius 2 is 2.00 bits per heavy atom. The zero-order chi connectivity index (χ0) is 10.9. The van der Waals surface area contributed by atoms with E-state index < -0.39 is 17.3 Å². The lowest BCUT2D eigenvalue weighted by Gasteiger charge is -2.12. The van der Waals surface area contributed by atoms with Gasteiger partial charge in [0.15, 0.2) is 0 Å². The summed E-state index contributed by atoms with van der Waals surface area (Å²) in [6.07, 6.45) is 0. The maximum absolute atomic E-state index is 13.1. The molecular weight excluding hydrogens is 191 g/mol. The van der Waals surface area contributed by atoms with Gasteiger partial charge in [-0.1, -0.05) is 12.6 Å². The lowest BCUT2D eigenvalue weighted by molar-refractivity contribution is 0.0137. The number of halogens is 3. The summed E-state index contributed by atoms with van der Waals surface area (Å²) in [7, 11) is 0. The number of hydrogen-bond donors (Lipinski definition) is 1. The molecule has 1 aromatic carbocycles. The van der Waals surface area contributed by atoms with Crippen LogP contribution in [0.1, 0.15) is 18.1 Å². The van der Waals surface area contributed by atoms with Gasteiger partial charge >= 0.3 is 0 Å². The Balaban J connectivity index is 3.21. The predicted molar refractivity (Wildman–Crippen MR) is 49.2 cm³/mol. The van der Waals surface area contributed by atoms with E-state index in [0.29, 0.717) is 12.5 Å². The maximum atomic E-state index is 13.1. The van der Waals surface area contributed by atoms with E-state index in [1.807, 2.05) is 0 Å². The minimum absolute atomic E-state index is 0.148. The van der Waals surface area contributed by atoms with Crippen LogP contribution in [0.3, 0.4) is 0 Å². The summed E-state index contributed by atoms with van der Waals surface area (Å²) >= 11 is 0. The highest BCUT2D eigenvalue weighted by Crippen LogP contribution is 2.29. The molecule has 0 atom stereocenters. The first-order valence-electron chi connectivity index (χ1n) is 3.95. The van der Waals surface area contributed by atoms with Gasteiger partial charge in [-0.3, -0.25) is 0 Å². The van der Waals surface area contributed by atoms with Crippen LogP contribution < -0.4 is 5.73 Å². The van der Waals surface area contributed by atoms with Gasteiger partial charge in [0.05, 0.1) is 5.56 Å². The van der Waals surface area contributed by atoms with Crippen LogP contribution in [0.5, 0.6) is 0 Å². The van der Waals surface area contributed by atoms with Gasteiger partial charge in [0, 0.05) is 12.6 Å². The number of benzene rings is 1. The van der Waals surface area contributed by atoms with Gasteiger partial charge in [-0.05, 0) is 17.7 Å². The minimum atomic E-state index is -3.18. The Morgan fingerprint density at radius 3 is 2.36 bits per heavy atom. The molecule has 0 aliphatic carbocycles. The molecule has 4 heteroatoms. The third-order valence-corrected chi connectivity index (χ3v) is 1.81. The quantitative estimate of drug-likeness (QED) is 0.782. The smallest absolute Gasteiger partial charge is 0.273 e. The van der Waals surface area contributed by atoms with Crippen molar-refractivity contribution in [2.45, 2.75) is 12.8 Å². The van der Waals surface area contributed by atoms with Crippen LogP contribution in [-0.2, 0) is 5.92 Å². The van der Waals surface area contributed by atoms with Gasteiger partial charge in [0.1, 0.15) is 5.82 Å². The molecule has 14 heavy (non-hydrogen) atoms. The highest BCUT2D eigenvalue weighted by molar-refractivity contribution is 5.60. The molecule has 1 aromatic rings. The summed E-state index contributed by atoms with van der Waals surface area (Å²) in [6.45, 7) is 4.02. The summed E-state index contributed by atoms with van der Waals surface area (Å²) in [4.78, 5) is 0. The first-order valence-corrected chi connectivity index (χ1v) is 3.95. The molecule has 0 radical (unpaired) electrons. The van der Waals surface area contributed by atoms with Gasteiger partial charge in [-0.15, -0.1) is 0 Å². The van der Waals surface area contributed by atoms with Crippen LogP contribution in [0.4, 0.5) is 13.2 Å². The van der Waals surface area contributed by atoms with Crippen LogP contribution in [0, 0.1) is 5.82 Å². The van der Waals surface area contributed by atoms with Crippen molar-refractivity contribution in [1.29, 1.82) is 0 Å². The first-order chi connectivity index (χ1) is 6.32. The lowest BCUT2D eigenvalue weighted by Crippen LogP contribution is -2.10. The Labute approximate surface area is 80.0 Å². The third-order valence-electron chi connectivity index (χ3n) is 1.81. The van der Waals surface area contributed by atoms with E-state index in [1.54, 1.807) is 0 Å². The van der Waals surface area contributed by atoms with Crippen LogP contribution in [0.25, 0.3) is 5.70 Å². The molecule has 0 aromatic heterocycles. The zero-order valence-electron chi connectivity index (χ0n) is 7.65. The number of alkyl halides is 2. The molecule has 0 spiro atoms. The fourth-order valence-electron chi connectivity index (χ4n) is 1.07. The molecule has 76 valence electrons. The van der Waals surface area contributed by atoms with Crippen molar-refractivity contribution in [2.75, 3.05) is 0 Å². The standard InChI is InChI=1S/C10H10F3N/c1-6(14)7-3-4-8(9(11)5-7)10(2,12)13/h3-5H,1,14H2,2H3. The van der Waals surface area contributed by atoms with Crippen molar-refractivity contribution in [3.63, 3.8) is 0 Å². The highest BCUT2D eigenvalue weighted by Gasteiger charge is 2.27. The van der Waals surface area contributed by atoms with Crippen molar-refractivity contribution in [2.24, 2.45) is 5.73 Å². The molecule has 0 aliphatic rings. The Hall–Kier alpha value is -1.45. The van der Waals surface area contributed by atoms with Gasteiger partial charge in [0.2, 0.25) is 0 Å². The normalized spacial score (nSPS) is 11.4. The average molecular weight is 201 g/mol. The molecule has 0 unspecified atom stereocenters. The molecule has 0 bridgehead atoms. The van der Waals surface area contributed by atoms with Crippen molar-refractivity contribution in [1.82, 2.24) is 0 Å². The van der Waals surface area contributed by atoms with E-state index in [9.17, 15) is 13.2 Å². The van der Waals surface area contributed by atoms with Crippen LogP contribution in [0.15, 0.2) is 24.8 Å². The van der Waals surface area contributed by atoms with Crippen molar-refractivity contribution in [3.8, 4) is 0 Å². The van der Waals surface area contributed by atoms with E-state index in [2.05, 4.69) is 6.58 Å².